The molecule has 4 nitrogen and oxygen atoms in total. The normalized spacial score (nSPS) is 15.7. The van der Waals surface area contributed by atoms with Crippen molar-refractivity contribution in [2.24, 2.45) is 5.92 Å². The summed E-state index contributed by atoms with van der Waals surface area (Å²) in [6.07, 6.45) is 4.49. The van der Waals surface area contributed by atoms with Crippen LogP contribution >= 0.6 is 0 Å². The molecule has 1 heterocycles. The van der Waals surface area contributed by atoms with Gasteiger partial charge in [0.25, 0.3) is 0 Å². The predicted octanol–water partition coefficient (Wildman–Crippen LogP) is 8.38. The maximum atomic E-state index is 12.8. The Morgan fingerprint density at radius 1 is 0.619 bits per heavy atom. The Hall–Kier alpha value is -4.02. The Morgan fingerprint density at radius 3 is 1.40 bits per heavy atom. The van der Waals surface area contributed by atoms with Crippen LogP contribution < -0.4 is 5.32 Å². The van der Waals surface area contributed by atoms with Gasteiger partial charge in [-0.25, -0.2) is 4.79 Å². The van der Waals surface area contributed by atoms with Crippen LogP contribution in [0.4, 0.5) is 0 Å². The third-order valence-electron chi connectivity index (χ3n) is 7.73. The lowest BCUT2D eigenvalue weighted by Gasteiger charge is -2.46. The van der Waals surface area contributed by atoms with E-state index in [1.165, 1.54) is 16.7 Å². The van der Waals surface area contributed by atoms with Gasteiger partial charge in [-0.1, -0.05) is 97.1 Å². The van der Waals surface area contributed by atoms with E-state index < -0.39 is 5.97 Å². The number of nitrogens with one attached hydrogen (secondary N) is 1. The van der Waals surface area contributed by atoms with Crippen LogP contribution in [0.25, 0.3) is 0 Å². The molecule has 4 aromatic carbocycles. The van der Waals surface area contributed by atoms with E-state index in [9.17, 15) is 9.59 Å². The van der Waals surface area contributed by atoms with Crippen molar-refractivity contribution in [3.05, 3.63) is 143 Å². The van der Waals surface area contributed by atoms with Crippen molar-refractivity contribution in [1.82, 2.24) is 5.32 Å². The average Bonchev–Trinajstić information content (AvgIpc) is 2.93. The summed E-state index contributed by atoms with van der Waals surface area (Å²) in [5.41, 5.74) is 6.25. The van der Waals surface area contributed by atoms with Gasteiger partial charge >= 0.3 is 5.97 Å². The second-order valence-corrected chi connectivity index (χ2v) is 12.8. The van der Waals surface area contributed by atoms with Crippen molar-refractivity contribution in [2.45, 2.75) is 70.9 Å². The van der Waals surface area contributed by atoms with Gasteiger partial charge in [0, 0.05) is 23.1 Å². The molecule has 1 fully saturated rings. The highest BCUT2D eigenvalue weighted by atomic mass is 16.4. The largest absolute Gasteiger partial charge is 0.478 e. The number of carbonyl (C=O) groups excluding carboxylic acids is 1. The van der Waals surface area contributed by atoms with Crippen LogP contribution in [0.3, 0.4) is 0 Å². The zero-order valence-corrected chi connectivity index (χ0v) is 25.3. The molecule has 4 aromatic rings. The van der Waals surface area contributed by atoms with E-state index in [0.29, 0.717) is 17.9 Å². The molecule has 218 valence electrons. The molecule has 42 heavy (non-hydrogen) atoms. The summed E-state index contributed by atoms with van der Waals surface area (Å²) in [6, 6.07) is 35.7. The van der Waals surface area contributed by atoms with E-state index in [2.05, 4.69) is 81.5 Å². The number of carbonyl (C=O) groups is 2. The molecular formula is C38H43NO3. The fourth-order valence-electron chi connectivity index (χ4n) is 6.29. The molecule has 0 bridgehead atoms. The quantitative estimate of drug-likeness (QED) is 0.212. The number of carboxylic acid groups (broad SMARTS) is 1. The summed E-state index contributed by atoms with van der Waals surface area (Å²) in [5.74, 6) is -0.168. The van der Waals surface area contributed by atoms with E-state index in [-0.39, 0.29) is 16.9 Å². The van der Waals surface area contributed by atoms with Gasteiger partial charge in [0.15, 0.2) is 5.78 Å². The Labute approximate surface area is 250 Å². The molecular weight excluding hydrogens is 518 g/mol. The molecule has 5 rings (SSSR count). The summed E-state index contributed by atoms with van der Waals surface area (Å²) in [4.78, 5) is 23.5. The van der Waals surface area contributed by atoms with Gasteiger partial charge in [0.1, 0.15) is 0 Å². The smallest absolute Gasteiger partial charge is 0.335 e. The summed E-state index contributed by atoms with van der Waals surface area (Å²) in [6.45, 7) is 8.96. The summed E-state index contributed by atoms with van der Waals surface area (Å²) >= 11 is 0. The van der Waals surface area contributed by atoms with Crippen molar-refractivity contribution < 1.29 is 14.7 Å². The highest BCUT2D eigenvalue weighted by Gasteiger charge is 2.38. The van der Waals surface area contributed by atoms with Crippen LogP contribution in [-0.2, 0) is 12.8 Å². The number of ketones is 1. The molecule has 0 amide bonds. The number of hydrogen-bond acceptors (Lipinski definition) is 3. The second-order valence-electron chi connectivity index (χ2n) is 12.8. The Bertz CT molecular complexity index is 1420. The molecule has 4 heteroatoms. The lowest BCUT2D eigenvalue weighted by molar-refractivity contribution is 0.0696. The first-order chi connectivity index (χ1) is 20.0. The van der Waals surface area contributed by atoms with Crippen molar-refractivity contribution in [3.8, 4) is 0 Å². The van der Waals surface area contributed by atoms with Gasteiger partial charge in [0.05, 0.1) is 5.56 Å². The number of benzene rings is 4. The first-order valence-corrected chi connectivity index (χ1v) is 14.8. The minimum absolute atomic E-state index is 0.0895. The molecule has 0 radical (unpaired) electrons. The summed E-state index contributed by atoms with van der Waals surface area (Å²) < 4.78 is 0. The van der Waals surface area contributed by atoms with E-state index >= 15 is 0 Å². The third kappa shape index (κ3) is 9.53. The lowest BCUT2D eigenvalue weighted by atomic mass is 9.74. The number of rotatable bonds is 8. The minimum Gasteiger partial charge on any atom is -0.478 e. The molecule has 0 unspecified atom stereocenters. The fraction of sp³-hybridized carbons (Fsp3) is 0.316. The number of Topliss-reactive ketones (excluding diaryl/α,β-unsaturated/α-hetero) is 1. The third-order valence-corrected chi connectivity index (χ3v) is 7.73. The van der Waals surface area contributed by atoms with Crippen molar-refractivity contribution in [3.63, 3.8) is 0 Å². The molecule has 0 atom stereocenters. The number of hydrogen-bond donors (Lipinski definition) is 2. The van der Waals surface area contributed by atoms with Gasteiger partial charge in [0.2, 0.25) is 0 Å². The van der Waals surface area contributed by atoms with E-state index in [4.69, 9.17) is 5.11 Å². The zero-order valence-electron chi connectivity index (χ0n) is 25.3. The second kappa shape index (κ2) is 13.8. The highest BCUT2D eigenvalue weighted by molar-refractivity contribution is 5.96. The lowest BCUT2D eigenvalue weighted by Crippen LogP contribution is -2.57. The van der Waals surface area contributed by atoms with Gasteiger partial charge in [-0.05, 0) is 93.7 Å². The van der Waals surface area contributed by atoms with Gasteiger partial charge in [-0.3, -0.25) is 4.79 Å². The summed E-state index contributed by atoms with van der Waals surface area (Å²) in [7, 11) is 0. The Morgan fingerprint density at radius 2 is 1.00 bits per heavy atom. The molecule has 1 aliphatic rings. The van der Waals surface area contributed by atoms with Gasteiger partial charge < -0.3 is 10.4 Å². The zero-order chi connectivity index (χ0) is 30.2. The first kappa shape index (κ1) is 30.9. The predicted molar refractivity (Wildman–Crippen MR) is 171 cm³/mol. The average molecular weight is 562 g/mol. The van der Waals surface area contributed by atoms with Crippen LogP contribution in [0.15, 0.2) is 109 Å². The molecule has 0 saturated carbocycles. The first-order valence-electron chi connectivity index (χ1n) is 14.8. The van der Waals surface area contributed by atoms with Crippen LogP contribution in [0.1, 0.15) is 89.9 Å². The Kier molecular flexibility index (Phi) is 10.1. The molecule has 2 N–H and O–H groups in total. The van der Waals surface area contributed by atoms with Gasteiger partial charge in [-0.2, -0.15) is 0 Å². The molecule has 1 saturated heterocycles. The van der Waals surface area contributed by atoms with Crippen LogP contribution in [0, 0.1) is 5.92 Å². The Balaban J connectivity index is 0.000000216. The topological polar surface area (TPSA) is 66.4 Å². The van der Waals surface area contributed by atoms with Crippen molar-refractivity contribution in [2.75, 3.05) is 0 Å². The van der Waals surface area contributed by atoms with E-state index in [1.807, 2.05) is 48.5 Å². The molecule has 0 spiro atoms. The van der Waals surface area contributed by atoms with Crippen LogP contribution in [0.5, 0.6) is 0 Å². The monoisotopic (exact) mass is 561 g/mol. The fourth-order valence-corrected chi connectivity index (χ4v) is 6.29. The van der Waals surface area contributed by atoms with Crippen molar-refractivity contribution >= 4 is 11.8 Å². The minimum atomic E-state index is -0.883. The van der Waals surface area contributed by atoms with Crippen LogP contribution in [0.2, 0.25) is 0 Å². The SMILES string of the molecule is CC1(C)CC(CC(=O)c2ccc(Cc3ccccc3)cc2)CC(C)(C)N1.O=C(O)c1ccc(Cc2ccccc2)cc1. The molecule has 0 aromatic heterocycles. The summed E-state index contributed by atoms with van der Waals surface area (Å²) in [5, 5.41) is 12.5. The molecule has 0 aliphatic carbocycles. The maximum Gasteiger partial charge on any atom is 0.335 e. The highest BCUT2D eigenvalue weighted by Crippen LogP contribution is 2.35. The van der Waals surface area contributed by atoms with E-state index in [1.54, 1.807) is 12.1 Å². The standard InChI is InChI=1S/C24H31NO.C14H12O2/c1-23(2)16-20(17-24(3,4)25-23)15-22(26)21-12-10-19(11-13-21)14-18-8-6-5-7-9-18;15-14(16)13-8-6-12(7-9-13)10-11-4-2-1-3-5-11/h5-13,20,25H,14-17H2,1-4H3;1-9H,10H2,(H,15,16). The van der Waals surface area contributed by atoms with Crippen LogP contribution in [-0.4, -0.2) is 27.9 Å². The maximum absolute atomic E-state index is 12.8. The number of aromatic carboxylic acids is 1. The number of carboxylic acids is 1. The van der Waals surface area contributed by atoms with E-state index in [0.717, 1.165) is 36.8 Å². The number of piperidine rings is 1. The van der Waals surface area contributed by atoms with Gasteiger partial charge in [-0.15, -0.1) is 0 Å². The van der Waals surface area contributed by atoms with Crippen molar-refractivity contribution in [1.29, 1.82) is 0 Å². The molecule has 1 aliphatic heterocycles.